The van der Waals surface area contributed by atoms with E-state index in [2.05, 4.69) is 21.2 Å². The number of carbonyl (C=O) groups is 1. The average molecular weight is 349 g/mol. The average Bonchev–Trinajstić information content (AvgIpc) is 2.49. The van der Waals surface area contributed by atoms with Gasteiger partial charge in [-0.25, -0.2) is 0 Å². The topological polar surface area (TPSA) is 64.3 Å². The van der Waals surface area contributed by atoms with Crippen LogP contribution in [0.15, 0.2) is 46.9 Å². The zero-order valence-electron chi connectivity index (χ0n) is 11.9. The van der Waals surface area contributed by atoms with E-state index in [1.54, 1.807) is 25.3 Å². The number of halogens is 1. The monoisotopic (exact) mass is 348 g/mol. The lowest BCUT2D eigenvalue weighted by Crippen LogP contribution is -2.27. The molecule has 0 heterocycles. The molecule has 0 unspecified atom stereocenters. The summed E-state index contributed by atoms with van der Waals surface area (Å²) in [4.78, 5) is 12.4. The molecule has 2 aromatic carbocycles. The van der Waals surface area contributed by atoms with Gasteiger partial charge in [-0.2, -0.15) is 0 Å². The lowest BCUT2D eigenvalue weighted by atomic mass is 10.1. The van der Waals surface area contributed by atoms with E-state index in [4.69, 9.17) is 10.5 Å². The second kappa shape index (κ2) is 6.63. The van der Waals surface area contributed by atoms with E-state index in [0.717, 1.165) is 11.3 Å². The lowest BCUT2D eigenvalue weighted by molar-refractivity contribution is 0.0939. The predicted molar refractivity (Wildman–Crippen MR) is 87.4 cm³/mol. The zero-order chi connectivity index (χ0) is 15.4. The molecule has 0 bridgehead atoms. The van der Waals surface area contributed by atoms with Crippen molar-refractivity contribution in [2.45, 2.75) is 13.0 Å². The van der Waals surface area contributed by atoms with E-state index in [1.165, 1.54) is 0 Å². The van der Waals surface area contributed by atoms with Crippen molar-refractivity contribution in [3.63, 3.8) is 0 Å². The summed E-state index contributed by atoms with van der Waals surface area (Å²) in [5.74, 6) is 0.560. The van der Waals surface area contributed by atoms with Crippen LogP contribution in [0, 0.1) is 0 Å². The smallest absolute Gasteiger partial charge is 0.252 e. The molecule has 0 spiro atoms. The number of nitrogens with one attached hydrogen (secondary N) is 1. The summed E-state index contributed by atoms with van der Waals surface area (Å²) in [6.45, 7) is 1.91. The molecule has 0 aliphatic rings. The number of hydrogen-bond acceptors (Lipinski definition) is 3. The van der Waals surface area contributed by atoms with Crippen LogP contribution >= 0.6 is 15.9 Å². The summed E-state index contributed by atoms with van der Waals surface area (Å²) in [5, 5.41) is 2.95. The van der Waals surface area contributed by atoms with Gasteiger partial charge in [-0.15, -0.1) is 0 Å². The number of nitrogens with two attached hydrogens (primary N) is 1. The van der Waals surface area contributed by atoms with Gasteiger partial charge < -0.3 is 15.8 Å². The van der Waals surface area contributed by atoms with Crippen molar-refractivity contribution in [3.05, 3.63) is 58.1 Å². The molecule has 1 atom stereocenters. The van der Waals surface area contributed by atoms with Crippen molar-refractivity contribution in [1.82, 2.24) is 5.32 Å². The minimum atomic E-state index is -0.187. The number of methoxy groups -OCH3 is 1. The van der Waals surface area contributed by atoms with Crippen LogP contribution in [-0.2, 0) is 0 Å². The number of amides is 1. The molecule has 5 heteroatoms. The van der Waals surface area contributed by atoms with Crippen LogP contribution in [0.4, 0.5) is 5.69 Å². The third-order valence-electron chi connectivity index (χ3n) is 3.19. The highest BCUT2D eigenvalue weighted by atomic mass is 79.9. The van der Waals surface area contributed by atoms with Crippen LogP contribution < -0.4 is 15.8 Å². The molecule has 0 aliphatic carbocycles. The van der Waals surface area contributed by atoms with Gasteiger partial charge in [0, 0.05) is 15.7 Å². The molecule has 21 heavy (non-hydrogen) atoms. The molecule has 0 aromatic heterocycles. The maximum absolute atomic E-state index is 12.4. The molecule has 2 rings (SSSR count). The highest BCUT2D eigenvalue weighted by Gasteiger charge is 2.16. The van der Waals surface area contributed by atoms with E-state index in [0.29, 0.717) is 15.7 Å². The van der Waals surface area contributed by atoms with Gasteiger partial charge in [-0.3, -0.25) is 4.79 Å². The van der Waals surface area contributed by atoms with Crippen molar-refractivity contribution < 1.29 is 9.53 Å². The molecule has 1 amide bonds. The van der Waals surface area contributed by atoms with Crippen molar-refractivity contribution >= 4 is 27.5 Å². The Hall–Kier alpha value is -2.01. The summed E-state index contributed by atoms with van der Waals surface area (Å²) in [6.07, 6.45) is 0. The maximum Gasteiger partial charge on any atom is 0.252 e. The van der Waals surface area contributed by atoms with Crippen molar-refractivity contribution in [1.29, 1.82) is 0 Å². The van der Waals surface area contributed by atoms with Crippen molar-refractivity contribution in [2.24, 2.45) is 0 Å². The minimum Gasteiger partial charge on any atom is -0.496 e. The summed E-state index contributed by atoms with van der Waals surface area (Å²) in [6, 6.07) is 12.6. The Morgan fingerprint density at radius 3 is 2.71 bits per heavy atom. The number of anilines is 1. The SMILES string of the molecule is COc1ccccc1[C@H](C)NC(=O)c1cc(N)ccc1Br. The largest absolute Gasteiger partial charge is 0.496 e. The first-order chi connectivity index (χ1) is 10.0. The van der Waals surface area contributed by atoms with E-state index in [1.807, 2.05) is 31.2 Å². The van der Waals surface area contributed by atoms with Crippen LogP contribution in [0.25, 0.3) is 0 Å². The van der Waals surface area contributed by atoms with Crippen LogP contribution in [-0.4, -0.2) is 13.0 Å². The molecule has 3 N–H and O–H groups in total. The van der Waals surface area contributed by atoms with Crippen LogP contribution in [0.5, 0.6) is 5.75 Å². The van der Waals surface area contributed by atoms with Gasteiger partial charge in [-0.1, -0.05) is 18.2 Å². The lowest BCUT2D eigenvalue weighted by Gasteiger charge is -2.17. The molecular formula is C16H17BrN2O2. The Labute approximate surface area is 132 Å². The molecule has 0 aliphatic heterocycles. The highest BCUT2D eigenvalue weighted by molar-refractivity contribution is 9.10. The van der Waals surface area contributed by atoms with Gasteiger partial charge in [0.05, 0.1) is 18.7 Å². The number of hydrogen-bond donors (Lipinski definition) is 2. The normalized spacial score (nSPS) is 11.8. The zero-order valence-corrected chi connectivity index (χ0v) is 13.5. The molecule has 0 fully saturated rings. The fourth-order valence-electron chi connectivity index (χ4n) is 2.09. The number of rotatable bonds is 4. The quantitative estimate of drug-likeness (QED) is 0.830. The minimum absolute atomic E-state index is 0.179. The Balaban J connectivity index is 2.21. The van der Waals surface area contributed by atoms with Gasteiger partial charge in [0.1, 0.15) is 5.75 Å². The van der Waals surface area contributed by atoms with Crippen LogP contribution in [0.2, 0.25) is 0 Å². The van der Waals surface area contributed by atoms with Gasteiger partial charge in [0.25, 0.3) is 5.91 Å². The maximum atomic E-state index is 12.4. The standard InChI is InChI=1S/C16H17BrN2O2/c1-10(12-5-3-4-6-15(12)21-2)19-16(20)13-9-11(18)7-8-14(13)17/h3-10H,18H2,1-2H3,(H,19,20)/t10-/m0/s1. The van der Waals surface area contributed by atoms with E-state index in [9.17, 15) is 4.79 Å². The van der Waals surface area contributed by atoms with Gasteiger partial charge in [0.15, 0.2) is 0 Å². The van der Waals surface area contributed by atoms with Gasteiger partial charge in [-0.05, 0) is 47.1 Å². The van der Waals surface area contributed by atoms with Gasteiger partial charge >= 0.3 is 0 Å². The Morgan fingerprint density at radius 2 is 2.00 bits per heavy atom. The number of ether oxygens (including phenoxy) is 1. The molecule has 4 nitrogen and oxygen atoms in total. The Morgan fingerprint density at radius 1 is 1.29 bits per heavy atom. The first-order valence-corrected chi connectivity index (χ1v) is 7.31. The fraction of sp³-hybridized carbons (Fsp3) is 0.188. The highest BCUT2D eigenvalue weighted by Crippen LogP contribution is 2.25. The summed E-state index contributed by atoms with van der Waals surface area (Å²) >= 11 is 3.36. The Bertz CT molecular complexity index is 658. The number of carbonyl (C=O) groups excluding carboxylic acids is 1. The number of para-hydroxylation sites is 1. The van der Waals surface area contributed by atoms with E-state index >= 15 is 0 Å². The number of nitrogen functional groups attached to an aromatic ring is 1. The molecule has 110 valence electrons. The van der Waals surface area contributed by atoms with E-state index in [-0.39, 0.29) is 11.9 Å². The molecular weight excluding hydrogens is 332 g/mol. The van der Waals surface area contributed by atoms with Crippen LogP contribution in [0.1, 0.15) is 28.9 Å². The first kappa shape index (κ1) is 15.4. The first-order valence-electron chi connectivity index (χ1n) is 6.51. The third-order valence-corrected chi connectivity index (χ3v) is 3.88. The van der Waals surface area contributed by atoms with Gasteiger partial charge in [0.2, 0.25) is 0 Å². The molecule has 0 saturated heterocycles. The summed E-state index contributed by atoms with van der Waals surface area (Å²) in [5.41, 5.74) is 7.72. The van der Waals surface area contributed by atoms with Crippen molar-refractivity contribution in [3.8, 4) is 5.75 Å². The second-order valence-electron chi connectivity index (χ2n) is 4.68. The van der Waals surface area contributed by atoms with Crippen LogP contribution in [0.3, 0.4) is 0 Å². The summed E-state index contributed by atoms with van der Waals surface area (Å²) in [7, 11) is 1.61. The fourth-order valence-corrected chi connectivity index (χ4v) is 2.52. The van der Waals surface area contributed by atoms with Crippen molar-refractivity contribution in [2.75, 3.05) is 12.8 Å². The molecule has 2 aromatic rings. The molecule has 0 saturated carbocycles. The second-order valence-corrected chi connectivity index (χ2v) is 5.53. The predicted octanol–water partition coefficient (Wildman–Crippen LogP) is 3.53. The summed E-state index contributed by atoms with van der Waals surface area (Å²) < 4.78 is 6.03. The van der Waals surface area contributed by atoms with E-state index < -0.39 is 0 Å². The molecule has 0 radical (unpaired) electrons. The number of benzene rings is 2. The Kier molecular flexibility index (Phi) is 4.85. The third kappa shape index (κ3) is 3.55.